The van der Waals surface area contributed by atoms with Gasteiger partial charge in [-0.2, -0.15) is 0 Å². The van der Waals surface area contributed by atoms with Crippen LogP contribution in [0.15, 0.2) is 12.7 Å². The minimum absolute atomic E-state index is 0.266. The van der Waals surface area contributed by atoms with E-state index in [1.54, 1.807) is 0 Å². The second-order valence-corrected chi connectivity index (χ2v) is 6.79. The van der Waals surface area contributed by atoms with Gasteiger partial charge in [-0.1, -0.05) is 6.08 Å². The van der Waals surface area contributed by atoms with E-state index in [1.165, 1.54) is 6.42 Å². The summed E-state index contributed by atoms with van der Waals surface area (Å²) in [6.07, 6.45) is 7.14. The largest absolute Gasteiger partial charge is 0.492 e. The summed E-state index contributed by atoms with van der Waals surface area (Å²) in [5, 5.41) is 0. The van der Waals surface area contributed by atoms with Crippen LogP contribution in [-0.4, -0.2) is 30.4 Å². The summed E-state index contributed by atoms with van der Waals surface area (Å²) >= 11 is 0. The molecule has 2 rings (SSSR count). The molecule has 19 heavy (non-hydrogen) atoms. The number of rotatable bonds is 4. The summed E-state index contributed by atoms with van der Waals surface area (Å²) < 4.78 is 18.6. The van der Waals surface area contributed by atoms with Gasteiger partial charge in [0.05, 0.1) is 11.2 Å². The number of hydrogen-bond acceptors (Lipinski definition) is 3. The van der Waals surface area contributed by atoms with E-state index in [0.717, 1.165) is 32.3 Å². The second-order valence-electron chi connectivity index (χ2n) is 6.79. The van der Waals surface area contributed by atoms with E-state index < -0.39 is 0 Å². The van der Waals surface area contributed by atoms with Crippen molar-refractivity contribution < 1.29 is 14.0 Å². The van der Waals surface area contributed by atoms with Gasteiger partial charge in [0.15, 0.2) is 0 Å². The van der Waals surface area contributed by atoms with Gasteiger partial charge in [0.25, 0.3) is 0 Å². The normalized spacial score (nSPS) is 33.4. The van der Waals surface area contributed by atoms with Crippen molar-refractivity contribution in [3.05, 3.63) is 12.7 Å². The van der Waals surface area contributed by atoms with Crippen molar-refractivity contribution in [1.82, 2.24) is 0 Å². The molecular formula is C15H27BO3. The molecule has 0 radical (unpaired) electrons. The highest BCUT2D eigenvalue weighted by Gasteiger charge is 2.60. The summed E-state index contributed by atoms with van der Waals surface area (Å²) in [5.41, 5.74) is -0.878. The Balaban J connectivity index is 2.18. The van der Waals surface area contributed by atoms with Gasteiger partial charge in [-0.3, -0.25) is 0 Å². The van der Waals surface area contributed by atoms with Crippen molar-refractivity contribution in [2.45, 2.75) is 76.5 Å². The SMILES string of the molecule is C=CCC[C@@]1(B2OC(C)(C)C(C)(C)O2)CCCCO1. The van der Waals surface area contributed by atoms with E-state index >= 15 is 0 Å². The minimum Gasteiger partial charge on any atom is -0.401 e. The molecule has 2 fully saturated rings. The second kappa shape index (κ2) is 5.23. The third kappa shape index (κ3) is 2.76. The van der Waals surface area contributed by atoms with Gasteiger partial charge in [0, 0.05) is 6.61 Å². The molecule has 108 valence electrons. The predicted molar refractivity (Wildman–Crippen MR) is 78.0 cm³/mol. The summed E-state index contributed by atoms with van der Waals surface area (Å²) in [6.45, 7) is 13.0. The lowest BCUT2D eigenvalue weighted by molar-refractivity contribution is -0.0497. The molecule has 0 aromatic carbocycles. The third-order valence-corrected chi connectivity index (χ3v) is 4.84. The maximum atomic E-state index is 6.22. The predicted octanol–water partition coefficient (Wildman–Crippen LogP) is 3.52. The van der Waals surface area contributed by atoms with E-state index in [2.05, 4.69) is 34.3 Å². The van der Waals surface area contributed by atoms with Crippen molar-refractivity contribution in [1.29, 1.82) is 0 Å². The van der Waals surface area contributed by atoms with Crippen molar-refractivity contribution in [3.8, 4) is 0 Å². The van der Waals surface area contributed by atoms with Gasteiger partial charge in [-0.05, 0) is 59.8 Å². The van der Waals surface area contributed by atoms with Crippen LogP contribution in [0.4, 0.5) is 0 Å². The van der Waals surface area contributed by atoms with Gasteiger partial charge >= 0.3 is 7.12 Å². The highest BCUT2D eigenvalue weighted by Crippen LogP contribution is 2.44. The van der Waals surface area contributed by atoms with E-state index in [-0.39, 0.29) is 23.8 Å². The van der Waals surface area contributed by atoms with Crippen LogP contribution in [0, 0.1) is 0 Å². The van der Waals surface area contributed by atoms with Gasteiger partial charge in [0.1, 0.15) is 5.50 Å². The zero-order valence-electron chi connectivity index (χ0n) is 12.8. The highest BCUT2D eigenvalue weighted by molar-refractivity contribution is 6.49. The Morgan fingerprint density at radius 1 is 1.11 bits per heavy atom. The molecule has 4 heteroatoms. The Labute approximate surface area is 117 Å². The summed E-state index contributed by atoms with van der Waals surface area (Å²) in [6, 6.07) is 0. The van der Waals surface area contributed by atoms with Crippen LogP contribution in [-0.2, 0) is 14.0 Å². The van der Waals surface area contributed by atoms with Crippen LogP contribution in [0.1, 0.15) is 59.8 Å². The Morgan fingerprint density at radius 3 is 2.21 bits per heavy atom. The standard InChI is InChI=1S/C15H27BO3/c1-6-7-10-15(11-8-9-12-17-15)16-18-13(2,3)14(4,5)19-16/h6H,1,7-12H2,2-5H3/t15-/m0/s1. The lowest BCUT2D eigenvalue weighted by Crippen LogP contribution is -2.52. The number of allylic oxidation sites excluding steroid dienone is 1. The minimum atomic E-state index is -0.294. The number of hydrogen-bond donors (Lipinski definition) is 0. The molecule has 2 aliphatic heterocycles. The van der Waals surface area contributed by atoms with Gasteiger partial charge in [0.2, 0.25) is 0 Å². The van der Waals surface area contributed by atoms with Crippen molar-refractivity contribution in [2.24, 2.45) is 0 Å². The molecule has 1 atom stereocenters. The van der Waals surface area contributed by atoms with Crippen LogP contribution in [0.25, 0.3) is 0 Å². The Bertz CT molecular complexity index is 316. The zero-order valence-corrected chi connectivity index (χ0v) is 12.8. The molecule has 0 unspecified atom stereocenters. The fourth-order valence-corrected chi connectivity index (χ4v) is 2.78. The molecule has 3 nitrogen and oxygen atoms in total. The molecule has 0 N–H and O–H groups in total. The molecule has 0 aliphatic carbocycles. The van der Waals surface area contributed by atoms with Crippen LogP contribution in [0.5, 0.6) is 0 Å². The van der Waals surface area contributed by atoms with Crippen LogP contribution in [0.2, 0.25) is 0 Å². The zero-order chi connectivity index (χ0) is 14.1. The molecule has 2 saturated heterocycles. The Kier molecular flexibility index (Phi) is 4.15. The smallest absolute Gasteiger partial charge is 0.401 e. The molecule has 2 aliphatic rings. The van der Waals surface area contributed by atoms with Crippen LogP contribution in [0.3, 0.4) is 0 Å². The molecule has 0 saturated carbocycles. The topological polar surface area (TPSA) is 27.7 Å². The lowest BCUT2D eigenvalue weighted by Gasteiger charge is -2.38. The molecule has 0 amide bonds. The highest BCUT2D eigenvalue weighted by atomic mass is 16.7. The lowest BCUT2D eigenvalue weighted by atomic mass is 9.61. The van der Waals surface area contributed by atoms with E-state index in [9.17, 15) is 0 Å². The summed E-state index contributed by atoms with van der Waals surface area (Å²) in [7, 11) is -0.266. The first kappa shape index (κ1) is 15.1. The molecule has 2 heterocycles. The molecule has 0 aromatic rings. The Morgan fingerprint density at radius 2 is 1.74 bits per heavy atom. The van der Waals surface area contributed by atoms with Gasteiger partial charge in [-0.25, -0.2) is 0 Å². The van der Waals surface area contributed by atoms with Gasteiger partial charge in [-0.15, -0.1) is 6.58 Å². The quantitative estimate of drug-likeness (QED) is 0.575. The fourth-order valence-electron chi connectivity index (χ4n) is 2.78. The van der Waals surface area contributed by atoms with Crippen LogP contribution < -0.4 is 0 Å². The molecule has 0 spiro atoms. The van der Waals surface area contributed by atoms with Gasteiger partial charge < -0.3 is 14.0 Å². The average Bonchev–Trinajstić information content (AvgIpc) is 2.58. The Hall–Kier alpha value is -0.315. The van der Waals surface area contributed by atoms with Crippen molar-refractivity contribution in [3.63, 3.8) is 0 Å². The monoisotopic (exact) mass is 266 g/mol. The summed E-state index contributed by atoms with van der Waals surface area (Å²) in [5.74, 6) is 0. The number of ether oxygens (including phenoxy) is 1. The first-order valence-electron chi connectivity index (χ1n) is 7.43. The molecular weight excluding hydrogens is 239 g/mol. The first-order chi connectivity index (χ1) is 8.83. The summed E-state index contributed by atoms with van der Waals surface area (Å²) in [4.78, 5) is 0. The van der Waals surface area contributed by atoms with Crippen molar-refractivity contribution in [2.75, 3.05) is 6.61 Å². The van der Waals surface area contributed by atoms with E-state index in [1.807, 2.05) is 6.08 Å². The maximum Gasteiger partial charge on any atom is 0.492 e. The molecule has 0 bridgehead atoms. The van der Waals surface area contributed by atoms with Crippen LogP contribution >= 0.6 is 0 Å². The first-order valence-corrected chi connectivity index (χ1v) is 7.43. The maximum absolute atomic E-state index is 6.22. The fraction of sp³-hybridized carbons (Fsp3) is 0.867. The van der Waals surface area contributed by atoms with E-state index in [4.69, 9.17) is 14.0 Å². The van der Waals surface area contributed by atoms with E-state index in [0.29, 0.717) is 0 Å². The third-order valence-electron chi connectivity index (χ3n) is 4.84. The van der Waals surface area contributed by atoms with Crippen molar-refractivity contribution >= 4 is 7.12 Å². The molecule has 0 aromatic heterocycles. The average molecular weight is 266 g/mol.